The van der Waals surface area contributed by atoms with Crippen molar-refractivity contribution in [2.45, 2.75) is 32.2 Å². The van der Waals surface area contributed by atoms with Crippen LogP contribution in [0.2, 0.25) is 0 Å². The summed E-state index contributed by atoms with van der Waals surface area (Å²) in [7, 11) is 0. The van der Waals surface area contributed by atoms with Gasteiger partial charge in [-0.2, -0.15) is 0 Å². The normalized spacial score (nSPS) is 17.0. The Morgan fingerprint density at radius 2 is 1.96 bits per heavy atom. The minimum absolute atomic E-state index is 0.000313. The van der Waals surface area contributed by atoms with E-state index >= 15 is 0 Å². The van der Waals surface area contributed by atoms with Crippen LogP contribution in [0.15, 0.2) is 42.5 Å². The zero-order chi connectivity index (χ0) is 17.1. The molecule has 0 bridgehead atoms. The van der Waals surface area contributed by atoms with Crippen LogP contribution in [0, 0.1) is 6.92 Å². The standard InChI is InChI=1S/C19H20N2O3/c1-13-16(9-10-17(20-13)14-6-3-2-4-7-14)19(24)21-11-5-8-15(21)12-18(22)23/h2-4,6-7,9-10,15H,5,8,11-12H2,1H3,(H,22,23). The molecular formula is C19H20N2O3. The molecule has 1 aliphatic rings. The molecule has 0 saturated carbocycles. The van der Waals surface area contributed by atoms with Crippen molar-refractivity contribution < 1.29 is 14.7 Å². The average Bonchev–Trinajstić information content (AvgIpc) is 3.02. The van der Waals surface area contributed by atoms with Gasteiger partial charge in [0, 0.05) is 18.2 Å². The first-order valence-electron chi connectivity index (χ1n) is 8.12. The second kappa shape index (κ2) is 6.83. The van der Waals surface area contributed by atoms with Gasteiger partial charge in [-0.05, 0) is 31.9 Å². The average molecular weight is 324 g/mol. The van der Waals surface area contributed by atoms with Crippen molar-refractivity contribution in [2.75, 3.05) is 6.54 Å². The number of rotatable bonds is 4. The molecule has 1 N–H and O–H groups in total. The molecule has 1 atom stereocenters. The van der Waals surface area contributed by atoms with E-state index in [1.165, 1.54) is 0 Å². The molecule has 2 aromatic rings. The number of nitrogens with zero attached hydrogens (tertiary/aromatic N) is 2. The number of hydrogen-bond acceptors (Lipinski definition) is 3. The second-order valence-electron chi connectivity index (χ2n) is 6.09. The lowest BCUT2D eigenvalue weighted by atomic mass is 10.1. The summed E-state index contributed by atoms with van der Waals surface area (Å²) in [5, 5.41) is 9.01. The van der Waals surface area contributed by atoms with Crippen LogP contribution >= 0.6 is 0 Å². The summed E-state index contributed by atoms with van der Waals surface area (Å²) in [5.74, 6) is -0.989. The lowest BCUT2D eigenvalue weighted by Crippen LogP contribution is -2.37. The zero-order valence-corrected chi connectivity index (χ0v) is 13.6. The summed E-state index contributed by atoms with van der Waals surface area (Å²) in [4.78, 5) is 30.0. The summed E-state index contributed by atoms with van der Waals surface area (Å²) >= 11 is 0. The maximum absolute atomic E-state index is 12.8. The molecular weight excluding hydrogens is 304 g/mol. The summed E-state index contributed by atoms with van der Waals surface area (Å²) in [6.07, 6.45) is 1.59. The Kier molecular flexibility index (Phi) is 4.60. The fraction of sp³-hybridized carbons (Fsp3) is 0.316. The monoisotopic (exact) mass is 324 g/mol. The van der Waals surface area contributed by atoms with Gasteiger partial charge in [0.2, 0.25) is 0 Å². The lowest BCUT2D eigenvalue weighted by molar-refractivity contribution is -0.137. The van der Waals surface area contributed by atoms with E-state index in [0.717, 1.165) is 24.1 Å². The summed E-state index contributed by atoms with van der Waals surface area (Å²) in [6, 6.07) is 13.2. The predicted octanol–water partition coefficient (Wildman–Crippen LogP) is 3.14. The van der Waals surface area contributed by atoms with Gasteiger partial charge in [0.05, 0.1) is 23.4 Å². The number of aromatic nitrogens is 1. The van der Waals surface area contributed by atoms with E-state index in [2.05, 4.69) is 4.98 Å². The number of carbonyl (C=O) groups is 2. The van der Waals surface area contributed by atoms with E-state index in [4.69, 9.17) is 5.11 Å². The van der Waals surface area contributed by atoms with Gasteiger partial charge in [0.15, 0.2) is 0 Å². The van der Waals surface area contributed by atoms with E-state index in [9.17, 15) is 9.59 Å². The van der Waals surface area contributed by atoms with E-state index < -0.39 is 5.97 Å². The largest absolute Gasteiger partial charge is 0.481 e. The Labute approximate surface area is 140 Å². The molecule has 1 amide bonds. The number of hydrogen-bond donors (Lipinski definition) is 1. The Morgan fingerprint density at radius 3 is 2.62 bits per heavy atom. The van der Waals surface area contributed by atoms with Gasteiger partial charge in [-0.3, -0.25) is 14.6 Å². The van der Waals surface area contributed by atoms with Crippen molar-refractivity contribution >= 4 is 11.9 Å². The predicted molar refractivity (Wildman–Crippen MR) is 90.7 cm³/mol. The molecule has 1 saturated heterocycles. The number of likely N-dealkylation sites (tertiary alicyclic amines) is 1. The molecule has 0 radical (unpaired) electrons. The maximum atomic E-state index is 12.8. The first-order chi connectivity index (χ1) is 11.6. The molecule has 1 unspecified atom stereocenters. The first kappa shape index (κ1) is 16.2. The van der Waals surface area contributed by atoms with E-state index in [1.807, 2.05) is 43.3 Å². The number of pyridine rings is 1. The summed E-state index contributed by atoms with van der Waals surface area (Å²) in [5.41, 5.74) is 3.05. The number of aliphatic carboxylic acids is 1. The highest BCUT2D eigenvalue weighted by Crippen LogP contribution is 2.25. The van der Waals surface area contributed by atoms with Crippen LogP contribution < -0.4 is 0 Å². The van der Waals surface area contributed by atoms with Crippen molar-refractivity contribution in [2.24, 2.45) is 0 Å². The highest BCUT2D eigenvalue weighted by Gasteiger charge is 2.31. The molecule has 0 aliphatic carbocycles. The first-order valence-corrected chi connectivity index (χ1v) is 8.12. The van der Waals surface area contributed by atoms with Crippen LogP contribution in [0.4, 0.5) is 0 Å². The number of aryl methyl sites for hydroxylation is 1. The quantitative estimate of drug-likeness (QED) is 0.938. The summed E-state index contributed by atoms with van der Waals surface area (Å²) < 4.78 is 0. The molecule has 124 valence electrons. The Bertz CT molecular complexity index is 758. The zero-order valence-electron chi connectivity index (χ0n) is 13.6. The SMILES string of the molecule is Cc1nc(-c2ccccc2)ccc1C(=O)N1CCCC1CC(=O)O. The molecule has 1 aliphatic heterocycles. The van der Waals surface area contributed by atoms with Crippen LogP contribution in [0.1, 0.15) is 35.3 Å². The van der Waals surface area contributed by atoms with Gasteiger partial charge in [0.1, 0.15) is 0 Å². The van der Waals surface area contributed by atoms with Crippen molar-refractivity contribution in [3.8, 4) is 11.3 Å². The van der Waals surface area contributed by atoms with E-state index in [1.54, 1.807) is 11.0 Å². The highest BCUT2D eigenvalue weighted by atomic mass is 16.4. The smallest absolute Gasteiger partial charge is 0.305 e. The topological polar surface area (TPSA) is 70.5 Å². The third kappa shape index (κ3) is 3.30. The fourth-order valence-corrected chi connectivity index (χ4v) is 3.23. The minimum Gasteiger partial charge on any atom is -0.481 e. The highest BCUT2D eigenvalue weighted by molar-refractivity contribution is 5.96. The Hall–Kier alpha value is -2.69. The molecule has 5 heteroatoms. The number of carboxylic acids is 1. The van der Waals surface area contributed by atoms with Gasteiger partial charge in [-0.25, -0.2) is 0 Å². The lowest BCUT2D eigenvalue weighted by Gasteiger charge is -2.24. The summed E-state index contributed by atoms with van der Waals surface area (Å²) in [6.45, 7) is 2.43. The number of carbonyl (C=O) groups excluding carboxylic acids is 1. The number of benzene rings is 1. The molecule has 1 aromatic carbocycles. The molecule has 1 aromatic heterocycles. The third-order valence-corrected chi connectivity index (χ3v) is 4.43. The van der Waals surface area contributed by atoms with E-state index in [-0.39, 0.29) is 18.4 Å². The van der Waals surface area contributed by atoms with Crippen LogP contribution in [0.5, 0.6) is 0 Å². The minimum atomic E-state index is -0.867. The van der Waals surface area contributed by atoms with Crippen LogP contribution in [-0.4, -0.2) is 39.5 Å². The van der Waals surface area contributed by atoms with Gasteiger partial charge in [0.25, 0.3) is 5.91 Å². The van der Waals surface area contributed by atoms with Gasteiger partial charge >= 0.3 is 5.97 Å². The van der Waals surface area contributed by atoms with Crippen molar-refractivity contribution in [1.82, 2.24) is 9.88 Å². The molecule has 3 rings (SSSR count). The van der Waals surface area contributed by atoms with Crippen LogP contribution in [-0.2, 0) is 4.79 Å². The van der Waals surface area contributed by atoms with Gasteiger partial charge < -0.3 is 10.0 Å². The third-order valence-electron chi connectivity index (χ3n) is 4.43. The number of carboxylic acid groups (broad SMARTS) is 1. The van der Waals surface area contributed by atoms with Crippen LogP contribution in [0.3, 0.4) is 0 Å². The fourth-order valence-electron chi connectivity index (χ4n) is 3.23. The molecule has 1 fully saturated rings. The van der Waals surface area contributed by atoms with Crippen molar-refractivity contribution in [3.05, 3.63) is 53.7 Å². The van der Waals surface area contributed by atoms with Gasteiger partial charge in [-0.1, -0.05) is 30.3 Å². The Morgan fingerprint density at radius 1 is 1.21 bits per heavy atom. The van der Waals surface area contributed by atoms with Crippen molar-refractivity contribution in [3.63, 3.8) is 0 Å². The molecule has 5 nitrogen and oxygen atoms in total. The van der Waals surface area contributed by atoms with Crippen molar-refractivity contribution in [1.29, 1.82) is 0 Å². The molecule has 2 heterocycles. The molecule has 24 heavy (non-hydrogen) atoms. The Balaban J connectivity index is 1.84. The van der Waals surface area contributed by atoms with Gasteiger partial charge in [-0.15, -0.1) is 0 Å². The maximum Gasteiger partial charge on any atom is 0.305 e. The molecule has 0 spiro atoms. The van der Waals surface area contributed by atoms with E-state index in [0.29, 0.717) is 17.8 Å². The van der Waals surface area contributed by atoms with Crippen LogP contribution in [0.25, 0.3) is 11.3 Å². The number of amides is 1. The second-order valence-corrected chi connectivity index (χ2v) is 6.09.